The number of amides is 1. The molecule has 0 saturated carbocycles. The Hall–Kier alpha value is -1.47. The van der Waals surface area contributed by atoms with Crippen LogP contribution in [0, 0.1) is 5.95 Å². The summed E-state index contributed by atoms with van der Waals surface area (Å²) in [7, 11) is 0. The van der Waals surface area contributed by atoms with Crippen LogP contribution in [-0.4, -0.2) is 21.1 Å². The largest absolute Gasteiger partial charge is 0.317 e. The van der Waals surface area contributed by atoms with E-state index >= 15 is 0 Å². The first-order valence-electron chi connectivity index (χ1n) is 4.39. The molecule has 0 aliphatic rings. The molecule has 0 aliphatic heterocycles. The average Bonchev–Trinajstić information content (AvgIpc) is 2.70. The number of carbonyl (C=O) groups excluding carboxylic acids is 1. The minimum Gasteiger partial charge on any atom is -0.317 e. The van der Waals surface area contributed by atoms with Crippen LogP contribution in [0.1, 0.15) is 10.5 Å². The molecule has 88 valence electrons. The second-order valence-corrected chi connectivity index (χ2v) is 4.35. The van der Waals surface area contributed by atoms with Gasteiger partial charge in [-0.1, -0.05) is 11.6 Å². The van der Waals surface area contributed by atoms with Gasteiger partial charge in [0.05, 0.1) is 5.69 Å². The first-order chi connectivity index (χ1) is 8.06. The number of aromatic nitrogens is 3. The second kappa shape index (κ2) is 4.80. The highest BCUT2D eigenvalue weighted by atomic mass is 79.9. The Morgan fingerprint density at radius 1 is 1.53 bits per heavy atom. The van der Waals surface area contributed by atoms with Gasteiger partial charge in [-0.05, 0) is 22.0 Å². The van der Waals surface area contributed by atoms with Crippen molar-refractivity contribution in [2.45, 2.75) is 0 Å². The molecule has 0 bridgehead atoms. The molecular weight excluding hydrogens is 314 g/mol. The molecule has 17 heavy (non-hydrogen) atoms. The van der Waals surface area contributed by atoms with Crippen LogP contribution in [0.25, 0.3) is 0 Å². The van der Waals surface area contributed by atoms with Gasteiger partial charge >= 0.3 is 0 Å². The lowest BCUT2D eigenvalue weighted by Gasteiger charge is -2.04. The first-order valence-corrected chi connectivity index (χ1v) is 5.56. The molecule has 0 fully saturated rings. The molecule has 2 aromatic heterocycles. The number of rotatable bonds is 2. The zero-order chi connectivity index (χ0) is 12.4. The summed E-state index contributed by atoms with van der Waals surface area (Å²) in [5, 5.41) is 8.49. The summed E-state index contributed by atoms with van der Waals surface area (Å²) in [4.78, 5) is 15.1. The molecule has 2 heterocycles. The van der Waals surface area contributed by atoms with Crippen molar-refractivity contribution in [1.82, 2.24) is 15.2 Å². The van der Waals surface area contributed by atoms with Crippen LogP contribution < -0.4 is 5.32 Å². The van der Waals surface area contributed by atoms with E-state index in [-0.39, 0.29) is 16.5 Å². The van der Waals surface area contributed by atoms with Gasteiger partial charge in [0.25, 0.3) is 5.91 Å². The maximum absolute atomic E-state index is 13.3. The molecule has 0 spiro atoms. The lowest BCUT2D eigenvalue weighted by molar-refractivity contribution is 0.102. The van der Waals surface area contributed by atoms with E-state index in [2.05, 4.69) is 36.4 Å². The summed E-state index contributed by atoms with van der Waals surface area (Å²) in [5.41, 5.74) is 0.101. The Bertz CT molecular complexity index is 574. The van der Waals surface area contributed by atoms with Crippen molar-refractivity contribution >= 4 is 39.1 Å². The monoisotopic (exact) mass is 318 g/mol. The fraction of sp³-hybridized carbons (Fsp3) is 0. The van der Waals surface area contributed by atoms with Crippen LogP contribution in [0.3, 0.4) is 0 Å². The zero-order valence-electron chi connectivity index (χ0n) is 8.17. The number of hydrogen-bond acceptors (Lipinski definition) is 3. The highest BCUT2D eigenvalue weighted by molar-refractivity contribution is 9.10. The van der Waals surface area contributed by atoms with Crippen molar-refractivity contribution < 1.29 is 9.18 Å². The lowest BCUT2D eigenvalue weighted by atomic mass is 10.3. The lowest BCUT2D eigenvalue weighted by Crippen LogP contribution is -2.14. The summed E-state index contributed by atoms with van der Waals surface area (Å²) in [6, 6.07) is 2.73. The third-order valence-electron chi connectivity index (χ3n) is 1.85. The molecule has 8 heteroatoms. The zero-order valence-corrected chi connectivity index (χ0v) is 10.5. The van der Waals surface area contributed by atoms with Gasteiger partial charge in [-0.15, -0.1) is 0 Å². The number of hydrogen-bond donors (Lipinski definition) is 2. The van der Waals surface area contributed by atoms with Crippen molar-refractivity contribution in [2.24, 2.45) is 0 Å². The van der Waals surface area contributed by atoms with E-state index in [1.807, 2.05) is 0 Å². The van der Waals surface area contributed by atoms with Crippen LogP contribution in [0.15, 0.2) is 22.8 Å². The smallest absolute Gasteiger partial charge is 0.273 e. The number of nitrogens with zero attached hydrogens (tertiary/aromatic N) is 2. The standard InChI is InChI=1S/C9H5BrClFN4O/c10-4-1-5(8(12)13-3-4)14-9(17)6-2-7(11)16-15-6/h1-3H,(H,14,17)(H,15,16). The first kappa shape index (κ1) is 12.0. The van der Waals surface area contributed by atoms with E-state index < -0.39 is 11.9 Å². The third kappa shape index (κ3) is 2.80. The topological polar surface area (TPSA) is 70.7 Å². The van der Waals surface area contributed by atoms with Crippen LogP contribution in [0.2, 0.25) is 5.15 Å². The number of aromatic amines is 1. The molecule has 2 rings (SSSR count). The average molecular weight is 320 g/mol. The fourth-order valence-electron chi connectivity index (χ4n) is 1.11. The molecular formula is C9H5BrClFN4O. The number of H-pyrrole nitrogens is 1. The number of anilines is 1. The minimum absolute atomic E-state index is 0.0323. The van der Waals surface area contributed by atoms with E-state index in [1.54, 1.807) is 0 Å². The van der Waals surface area contributed by atoms with Crippen LogP contribution in [0.4, 0.5) is 10.1 Å². The normalized spacial score (nSPS) is 10.3. The summed E-state index contributed by atoms with van der Waals surface area (Å²) >= 11 is 8.67. The van der Waals surface area contributed by atoms with Crippen molar-refractivity contribution in [3.05, 3.63) is 39.6 Å². The second-order valence-electron chi connectivity index (χ2n) is 3.05. The van der Waals surface area contributed by atoms with Crippen LogP contribution >= 0.6 is 27.5 Å². The van der Waals surface area contributed by atoms with Gasteiger partial charge in [-0.2, -0.15) is 9.49 Å². The van der Waals surface area contributed by atoms with Gasteiger partial charge in [0.15, 0.2) is 5.15 Å². The summed E-state index contributed by atoms with van der Waals surface area (Å²) < 4.78 is 13.8. The Morgan fingerprint density at radius 3 is 2.94 bits per heavy atom. The number of carbonyl (C=O) groups is 1. The van der Waals surface area contributed by atoms with Gasteiger partial charge in [0.1, 0.15) is 5.69 Å². The minimum atomic E-state index is -0.771. The molecule has 1 amide bonds. The van der Waals surface area contributed by atoms with Crippen molar-refractivity contribution in [3.8, 4) is 0 Å². The SMILES string of the molecule is O=C(Nc1cc(Br)cnc1F)c1cc(Cl)n[nH]1. The van der Waals surface area contributed by atoms with E-state index in [9.17, 15) is 9.18 Å². The van der Waals surface area contributed by atoms with Gasteiger partial charge in [-0.25, -0.2) is 4.98 Å². The maximum Gasteiger partial charge on any atom is 0.273 e. The summed E-state index contributed by atoms with van der Waals surface area (Å²) in [6.07, 6.45) is 1.29. The van der Waals surface area contributed by atoms with Crippen molar-refractivity contribution in [2.75, 3.05) is 5.32 Å². The fourth-order valence-corrected chi connectivity index (χ4v) is 1.60. The summed E-state index contributed by atoms with van der Waals surface area (Å²) in [6.45, 7) is 0. The maximum atomic E-state index is 13.3. The molecule has 0 radical (unpaired) electrons. The predicted octanol–water partition coefficient (Wildman–Crippen LogP) is 2.61. The van der Waals surface area contributed by atoms with Crippen molar-refractivity contribution in [3.63, 3.8) is 0 Å². The molecule has 0 unspecified atom stereocenters. The summed E-state index contributed by atoms with van der Waals surface area (Å²) in [5.74, 6) is -1.32. The van der Waals surface area contributed by atoms with Gasteiger partial charge in [-0.3, -0.25) is 9.89 Å². The molecule has 2 N–H and O–H groups in total. The molecule has 0 atom stereocenters. The Balaban J connectivity index is 2.21. The number of nitrogens with one attached hydrogen (secondary N) is 2. The van der Waals surface area contributed by atoms with E-state index in [0.29, 0.717) is 4.47 Å². The molecule has 0 aromatic carbocycles. The van der Waals surface area contributed by atoms with Gasteiger partial charge in [0, 0.05) is 16.7 Å². The molecule has 0 saturated heterocycles. The third-order valence-corrected chi connectivity index (χ3v) is 2.47. The van der Waals surface area contributed by atoms with Crippen molar-refractivity contribution in [1.29, 1.82) is 0 Å². The molecule has 0 aliphatic carbocycles. The number of halogens is 3. The Morgan fingerprint density at radius 2 is 2.29 bits per heavy atom. The molecule has 2 aromatic rings. The van der Waals surface area contributed by atoms with Crippen LogP contribution in [-0.2, 0) is 0 Å². The quantitative estimate of drug-likeness (QED) is 0.836. The predicted molar refractivity (Wildman–Crippen MR) is 63.4 cm³/mol. The molecule has 5 nitrogen and oxygen atoms in total. The highest BCUT2D eigenvalue weighted by Crippen LogP contribution is 2.18. The van der Waals surface area contributed by atoms with Crippen LogP contribution in [0.5, 0.6) is 0 Å². The van der Waals surface area contributed by atoms with Gasteiger partial charge < -0.3 is 5.32 Å². The Labute approximate surface area is 109 Å². The van der Waals surface area contributed by atoms with Gasteiger partial charge in [0.2, 0.25) is 5.95 Å². The van der Waals surface area contributed by atoms with E-state index in [4.69, 9.17) is 11.6 Å². The Kier molecular flexibility index (Phi) is 3.39. The van der Waals surface area contributed by atoms with E-state index in [1.165, 1.54) is 18.3 Å². The number of pyridine rings is 1. The van der Waals surface area contributed by atoms with E-state index in [0.717, 1.165) is 0 Å². The highest BCUT2D eigenvalue weighted by Gasteiger charge is 2.12.